The third-order valence-electron chi connectivity index (χ3n) is 9.89. The minimum atomic E-state index is 0.199. The van der Waals surface area contributed by atoms with Gasteiger partial charge in [0.05, 0.1) is 17.1 Å². The molecule has 0 aliphatic carbocycles. The zero-order valence-corrected chi connectivity index (χ0v) is 29.8. The average molecular weight is 685 g/mol. The number of benzene rings is 6. The fourth-order valence-corrected chi connectivity index (χ4v) is 7.52. The summed E-state index contributed by atoms with van der Waals surface area (Å²) in [5.41, 5.74) is 16.5. The number of rotatable bonds is 6. The number of phenolic OH excluding ortho intramolecular Hbond substituents is 1. The summed E-state index contributed by atoms with van der Waals surface area (Å²) in [5.74, 6) is 0.199. The Morgan fingerprint density at radius 2 is 0.925 bits per heavy atom. The first-order chi connectivity index (χ1) is 25.9. The number of aryl methyl sites for hydroxylation is 3. The molecule has 0 spiro atoms. The van der Waals surface area contributed by atoms with Crippen LogP contribution in [-0.2, 0) is 0 Å². The Balaban J connectivity index is 1.16. The molecule has 9 aromatic rings. The molecule has 0 radical (unpaired) electrons. The first-order valence-electron chi connectivity index (χ1n) is 17.9. The molecule has 3 heterocycles. The second-order valence-electron chi connectivity index (χ2n) is 13.8. The fourth-order valence-electron chi connectivity index (χ4n) is 7.52. The maximum Gasteiger partial charge on any atom is 0.143 e. The number of aromatic nitrogens is 2. The first-order valence-corrected chi connectivity index (χ1v) is 17.9. The van der Waals surface area contributed by atoms with Gasteiger partial charge in [0, 0.05) is 44.3 Å². The van der Waals surface area contributed by atoms with Gasteiger partial charge in [-0.15, -0.1) is 0 Å². The Bertz CT molecular complexity index is 2810. The highest BCUT2D eigenvalue weighted by Gasteiger charge is 2.18. The molecule has 53 heavy (non-hydrogen) atoms. The molecule has 6 aromatic carbocycles. The molecule has 0 unspecified atom stereocenters. The molecule has 4 nitrogen and oxygen atoms in total. The van der Waals surface area contributed by atoms with E-state index in [1.165, 1.54) is 11.1 Å². The van der Waals surface area contributed by atoms with E-state index < -0.39 is 0 Å². The highest BCUT2D eigenvalue weighted by molar-refractivity contribution is 6.13. The lowest BCUT2D eigenvalue weighted by atomic mass is 9.96. The summed E-state index contributed by atoms with van der Waals surface area (Å²) < 4.78 is 6.76. The smallest absolute Gasteiger partial charge is 0.143 e. The zero-order chi connectivity index (χ0) is 36.1. The van der Waals surface area contributed by atoms with Crippen LogP contribution in [0.4, 0.5) is 0 Å². The predicted octanol–water partition coefficient (Wildman–Crippen LogP) is 13.0. The zero-order valence-electron chi connectivity index (χ0n) is 29.8. The lowest BCUT2D eigenvalue weighted by molar-refractivity contribution is 0.477. The third-order valence-corrected chi connectivity index (χ3v) is 9.89. The van der Waals surface area contributed by atoms with Crippen molar-refractivity contribution in [3.05, 3.63) is 175 Å². The number of pyridine rings is 2. The number of furan rings is 1. The molecule has 0 amide bonds. The summed E-state index contributed by atoms with van der Waals surface area (Å²) in [5, 5.41) is 13.0. The van der Waals surface area contributed by atoms with Gasteiger partial charge in [0.2, 0.25) is 0 Å². The summed E-state index contributed by atoms with van der Waals surface area (Å²) in [6.45, 7) is 6.27. The highest BCUT2D eigenvalue weighted by atomic mass is 16.3. The lowest BCUT2D eigenvalue weighted by Crippen LogP contribution is -1.94. The standard InChI is InChI=1S/C49H36N2O2/c1-30-22-31(2)24-36(23-30)37-27-45(51-46(28-37)43-16-7-8-21-47(43)52)35-15-9-14-34(26-35)44-29-38(25-32(3)50-44)40-18-11-20-42-41-19-10-17-39(48(41)53-49(40)42)33-12-5-4-6-13-33/h4-29,52H,1-3H3. The van der Waals surface area contributed by atoms with Crippen molar-refractivity contribution in [2.45, 2.75) is 20.8 Å². The summed E-state index contributed by atoms with van der Waals surface area (Å²) in [4.78, 5) is 10.1. The molecule has 0 fully saturated rings. The minimum absolute atomic E-state index is 0.199. The van der Waals surface area contributed by atoms with E-state index in [1.807, 2.05) is 31.2 Å². The molecule has 254 valence electrons. The molecule has 0 saturated carbocycles. The number of fused-ring (bicyclic) bond motifs is 3. The summed E-state index contributed by atoms with van der Waals surface area (Å²) in [7, 11) is 0. The maximum absolute atomic E-state index is 10.8. The molecule has 3 aromatic heterocycles. The fraction of sp³-hybridized carbons (Fsp3) is 0.0612. The van der Waals surface area contributed by atoms with E-state index in [2.05, 4.69) is 141 Å². The van der Waals surface area contributed by atoms with E-state index >= 15 is 0 Å². The SMILES string of the molecule is Cc1cc(C)cc(-c2cc(-c3cccc(-c4cc(-c5cccc6c5oc5c(-c7ccccc7)cccc56)cc(C)n4)c3)nc(-c3ccccc3O)c2)c1. The third kappa shape index (κ3) is 6.04. The van der Waals surface area contributed by atoms with Crippen LogP contribution in [0.15, 0.2) is 162 Å². The van der Waals surface area contributed by atoms with Crippen molar-refractivity contribution in [3.8, 4) is 72.9 Å². The first kappa shape index (κ1) is 32.1. The second kappa shape index (κ2) is 13.1. The highest BCUT2D eigenvalue weighted by Crippen LogP contribution is 2.41. The van der Waals surface area contributed by atoms with E-state index in [9.17, 15) is 5.11 Å². The number of para-hydroxylation sites is 3. The number of aromatic hydroxyl groups is 1. The van der Waals surface area contributed by atoms with Crippen LogP contribution in [0, 0.1) is 20.8 Å². The van der Waals surface area contributed by atoms with Gasteiger partial charge in [-0.1, -0.05) is 126 Å². The van der Waals surface area contributed by atoms with E-state index in [0.29, 0.717) is 11.3 Å². The van der Waals surface area contributed by atoms with Crippen LogP contribution in [0.1, 0.15) is 16.8 Å². The topological polar surface area (TPSA) is 59.2 Å². The molecule has 9 rings (SSSR count). The number of phenols is 1. The molecule has 4 heteroatoms. The Morgan fingerprint density at radius 3 is 1.62 bits per heavy atom. The Labute approximate surface area is 308 Å². The molecule has 1 N–H and O–H groups in total. The number of hydrogen-bond donors (Lipinski definition) is 1. The van der Waals surface area contributed by atoms with Gasteiger partial charge in [-0.25, -0.2) is 4.98 Å². The second-order valence-corrected chi connectivity index (χ2v) is 13.8. The summed E-state index contributed by atoms with van der Waals surface area (Å²) in [6, 6.07) is 53.9. The van der Waals surface area contributed by atoms with Gasteiger partial charge in [0.15, 0.2) is 0 Å². The van der Waals surface area contributed by atoms with E-state index in [-0.39, 0.29) is 5.75 Å². The van der Waals surface area contributed by atoms with Crippen LogP contribution in [0.5, 0.6) is 5.75 Å². The molecule has 0 aliphatic rings. The van der Waals surface area contributed by atoms with Crippen molar-refractivity contribution in [1.82, 2.24) is 9.97 Å². The quantitative estimate of drug-likeness (QED) is 0.189. The minimum Gasteiger partial charge on any atom is -0.507 e. The van der Waals surface area contributed by atoms with Gasteiger partial charge < -0.3 is 9.52 Å². The number of hydrogen-bond acceptors (Lipinski definition) is 4. The van der Waals surface area contributed by atoms with Crippen LogP contribution < -0.4 is 0 Å². The van der Waals surface area contributed by atoms with Crippen molar-refractivity contribution in [2.75, 3.05) is 0 Å². The van der Waals surface area contributed by atoms with Crippen molar-refractivity contribution in [3.63, 3.8) is 0 Å². The van der Waals surface area contributed by atoms with Crippen molar-refractivity contribution in [2.24, 2.45) is 0 Å². The Hall–Kier alpha value is -6.78. The van der Waals surface area contributed by atoms with Gasteiger partial charge in [-0.3, -0.25) is 4.98 Å². The molecular weight excluding hydrogens is 649 g/mol. The Morgan fingerprint density at radius 1 is 0.396 bits per heavy atom. The summed E-state index contributed by atoms with van der Waals surface area (Å²) >= 11 is 0. The maximum atomic E-state index is 10.8. The van der Waals surface area contributed by atoms with Gasteiger partial charge in [0.1, 0.15) is 16.9 Å². The van der Waals surface area contributed by atoms with Gasteiger partial charge in [-0.05, 0) is 85.5 Å². The Kier molecular flexibility index (Phi) is 7.93. The molecule has 0 saturated heterocycles. The molecule has 0 aliphatic heterocycles. The van der Waals surface area contributed by atoms with E-state index in [1.54, 1.807) is 6.07 Å². The van der Waals surface area contributed by atoms with Crippen LogP contribution >= 0.6 is 0 Å². The predicted molar refractivity (Wildman–Crippen MR) is 218 cm³/mol. The van der Waals surface area contributed by atoms with Crippen LogP contribution in [-0.4, -0.2) is 15.1 Å². The van der Waals surface area contributed by atoms with E-state index in [0.717, 1.165) is 83.5 Å². The molecule has 0 atom stereocenters. The monoisotopic (exact) mass is 684 g/mol. The van der Waals surface area contributed by atoms with Crippen LogP contribution in [0.25, 0.3) is 89.1 Å². The lowest BCUT2D eigenvalue weighted by Gasteiger charge is -2.13. The van der Waals surface area contributed by atoms with Crippen molar-refractivity contribution < 1.29 is 9.52 Å². The van der Waals surface area contributed by atoms with Gasteiger partial charge in [-0.2, -0.15) is 0 Å². The van der Waals surface area contributed by atoms with Crippen molar-refractivity contribution >= 4 is 21.9 Å². The van der Waals surface area contributed by atoms with Crippen LogP contribution in [0.2, 0.25) is 0 Å². The van der Waals surface area contributed by atoms with Gasteiger partial charge in [0.25, 0.3) is 0 Å². The van der Waals surface area contributed by atoms with Crippen LogP contribution in [0.3, 0.4) is 0 Å². The average Bonchev–Trinajstić information content (AvgIpc) is 3.57. The van der Waals surface area contributed by atoms with Gasteiger partial charge >= 0.3 is 0 Å². The normalized spacial score (nSPS) is 11.4. The largest absolute Gasteiger partial charge is 0.507 e. The van der Waals surface area contributed by atoms with Crippen molar-refractivity contribution in [1.29, 1.82) is 0 Å². The van der Waals surface area contributed by atoms with E-state index in [4.69, 9.17) is 14.4 Å². The number of nitrogens with zero attached hydrogens (tertiary/aromatic N) is 2. The molecule has 0 bridgehead atoms. The summed E-state index contributed by atoms with van der Waals surface area (Å²) in [6.07, 6.45) is 0. The molecular formula is C49H36N2O2.